The Kier molecular flexibility index (Phi) is 6.07. The third-order valence-corrected chi connectivity index (χ3v) is 7.19. The molecule has 4 amide bonds. The predicted molar refractivity (Wildman–Crippen MR) is 120 cm³/mol. The Bertz CT molecular complexity index is 1030. The van der Waals surface area contributed by atoms with Crippen LogP contribution in [0.15, 0.2) is 41.6 Å². The number of benzene rings is 1. The second-order valence-corrected chi connectivity index (χ2v) is 9.00. The number of thiocarbonyl (C=S) groups is 1. The number of carboxylic acids is 1. The molecule has 10 nitrogen and oxygen atoms in total. The monoisotopic (exact) mass is 475 g/mol. The number of carbonyl (C=O) groups excluding carboxylic acids is 3. The van der Waals surface area contributed by atoms with Gasteiger partial charge in [0.1, 0.15) is 23.2 Å². The lowest BCUT2D eigenvalue weighted by Crippen LogP contribution is -2.71. The summed E-state index contributed by atoms with van der Waals surface area (Å²) in [5, 5.41) is 17.4. The number of rotatable bonds is 5. The number of β-lactam (4-membered cyclic amide) rings is 1. The lowest BCUT2D eigenvalue weighted by Gasteiger charge is -2.49. The molecule has 0 aromatic heterocycles. The zero-order valence-electron chi connectivity index (χ0n) is 17.0. The number of hydrogen-bond donors (Lipinski definition) is 4. The Morgan fingerprint density at radius 2 is 2.00 bits per heavy atom. The van der Waals surface area contributed by atoms with Gasteiger partial charge in [-0.05, 0) is 30.3 Å². The van der Waals surface area contributed by atoms with Gasteiger partial charge in [0.15, 0.2) is 5.11 Å². The molecular weight excluding hydrogens is 454 g/mol. The maximum atomic E-state index is 13.2. The summed E-state index contributed by atoms with van der Waals surface area (Å²) < 4.78 is 0. The van der Waals surface area contributed by atoms with Crippen LogP contribution in [0, 0.1) is 0 Å². The minimum Gasteiger partial charge on any atom is -0.477 e. The molecule has 0 saturated carbocycles. The second kappa shape index (κ2) is 8.79. The Hall–Kier alpha value is -3.12. The van der Waals surface area contributed by atoms with Gasteiger partial charge in [0.05, 0.1) is 0 Å². The van der Waals surface area contributed by atoms with Crippen LogP contribution in [-0.4, -0.2) is 74.1 Å². The summed E-state index contributed by atoms with van der Waals surface area (Å²) in [7, 11) is 0. The maximum absolute atomic E-state index is 13.2. The Balaban J connectivity index is 1.51. The maximum Gasteiger partial charge on any atom is 0.352 e. The quantitative estimate of drug-likeness (QED) is 0.355. The van der Waals surface area contributed by atoms with Gasteiger partial charge in [-0.3, -0.25) is 19.4 Å². The molecular formula is C20H21N5O5S2. The van der Waals surface area contributed by atoms with Crippen LogP contribution >= 0.6 is 24.0 Å². The molecule has 1 aromatic rings. The van der Waals surface area contributed by atoms with Crippen LogP contribution in [0.5, 0.6) is 0 Å². The summed E-state index contributed by atoms with van der Waals surface area (Å²) in [6.45, 7) is 2.51. The first-order valence-electron chi connectivity index (χ1n) is 9.88. The lowest BCUT2D eigenvalue weighted by molar-refractivity contribution is -0.150. The number of fused-ring (bicyclic) bond motifs is 1. The van der Waals surface area contributed by atoms with Gasteiger partial charge >= 0.3 is 12.0 Å². The van der Waals surface area contributed by atoms with E-state index in [2.05, 4.69) is 16.0 Å². The van der Waals surface area contributed by atoms with E-state index in [1.54, 1.807) is 37.3 Å². The van der Waals surface area contributed by atoms with E-state index < -0.39 is 35.2 Å². The molecule has 2 saturated heterocycles. The molecule has 4 rings (SSSR count). The van der Waals surface area contributed by atoms with Crippen molar-refractivity contribution in [2.45, 2.75) is 24.4 Å². The third kappa shape index (κ3) is 3.91. The number of hydrogen-bond acceptors (Lipinski definition) is 6. The summed E-state index contributed by atoms with van der Waals surface area (Å²) in [5.41, 5.74) is 1.19. The van der Waals surface area contributed by atoms with E-state index in [0.717, 1.165) is 0 Å². The van der Waals surface area contributed by atoms with E-state index in [4.69, 9.17) is 12.2 Å². The highest BCUT2D eigenvalue weighted by Crippen LogP contribution is 2.40. The molecule has 3 aliphatic heterocycles. The Morgan fingerprint density at radius 3 is 2.62 bits per heavy atom. The number of thioether (sulfide) groups is 1. The van der Waals surface area contributed by atoms with E-state index >= 15 is 0 Å². The van der Waals surface area contributed by atoms with E-state index in [0.29, 0.717) is 30.0 Å². The molecule has 12 heteroatoms. The van der Waals surface area contributed by atoms with Crippen LogP contribution in [0.2, 0.25) is 0 Å². The number of nitrogens with zero attached hydrogens (tertiary/aromatic N) is 2. The molecule has 3 aliphatic rings. The minimum absolute atomic E-state index is 0.0248. The molecule has 0 aliphatic carbocycles. The Morgan fingerprint density at radius 1 is 1.28 bits per heavy atom. The molecule has 1 aromatic carbocycles. The standard InChI is InChI=1S/C20H21N5O5S2/c1-10-9-32-17-13(16(27)25(17)14(10)18(28)29)22-15(26)12(11-5-3-2-4-6-11)23-20(31)24-8-7-21-19(24)30/h2-6,12-13,17H,7-9H2,1H3,(H,21,30)(H,22,26)(H,23,31)(H,28,29)/t12?,13?,17-/m0/s1. The highest BCUT2D eigenvalue weighted by molar-refractivity contribution is 8.00. The molecule has 168 valence electrons. The highest BCUT2D eigenvalue weighted by atomic mass is 32.2. The van der Waals surface area contributed by atoms with Gasteiger partial charge < -0.3 is 21.1 Å². The number of carbonyl (C=O) groups is 4. The molecule has 3 heterocycles. The molecule has 0 bridgehead atoms. The van der Waals surface area contributed by atoms with Crippen molar-refractivity contribution in [3.63, 3.8) is 0 Å². The molecule has 3 atom stereocenters. The first-order valence-corrected chi connectivity index (χ1v) is 11.3. The van der Waals surface area contributed by atoms with Crippen molar-refractivity contribution in [1.29, 1.82) is 0 Å². The molecule has 32 heavy (non-hydrogen) atoms. The molecule has 2 fully saturated rings. The van der Waals surface area contributed by atoms with Crippen LogP contribution in [0.1, 0.15) is 18.5 Å². The fourth-order valence-electron chi connectivity index (χ4n) is 3.82. The van der Waals surface area contributed by atoms with Crippen LogP contribution in [-0.2, 0) is 14.4 Å². The normalized spacial score (nSPS) is 23.2. The number of aliphatic carboxylic acids is 1. The fraction of sp³-hybridized carbons (Fsp3) is 0.350. The molecule has 4 N–H and O–H groups in total. The summed E-state index contributed by atoms with van der Waals surface area (Å²) in [5.74, 6) is -1.68. The highest BCUT2D eigenvalue weighted by Gasteiger charge is 2.54. The lowest BCUT2D eigenvalue weighted by atomic mass is 10.0. The molecule has 2 unspecified atom stereocenters. The van der Waals surface area contributed by atoms with Crippen molar-refractivity contribution in [2.75, 3.05) is 18.8 Å². The Labute approximate surface area is 193 Å². The topological polar surface area (TPSA) is 131 Å². The predicted octanol–water partition coefficient (Wildman–Crippen LogP) is 0.386. The number of urea groups is 1. The average molecular weight is 476 g/mol. The second-order valence-electron chi connectivity index (χ2n) is 7.51. The van der Waals surface area contributed by atoms with Gasteiger partial charge in [-0.2, -0.15) is 0 Å². The number of amides is 4. The van der Waals surface area contributed by atoms with E-state index in [-0.39, 0.29) is 16.8 Å². The first kappa shape index (κ1) is 22.1. The molecule has 0 radical (unpaired) electrons. The van der Waals surface area contributed by atoms with Crippen LogP contribution in [0.25, 0.3) is 0 Å². The van der Waals surface area contributed by atoms with E-state index in [1.807, 2.05) is 0 Å². The molecule has 0 spiro atoms. The SMILES string of the molecule is CC1=C(C(=O)O)N2C(=O)C(NC(=O)C(NC(=S)N3CCNC3=O)c3ccccc3)[C@@H]2SC1. The van der Waals surface area contributed by atoms with Gasteiger partial charge in [0.2, 0.25) is 5.91 Å². The van der Waals surface area contributed by atoms with Crippen LogP contribution in [0.4, 0.5) is 4.79 Å². The van der Waals surface area contributed by atoms with Crippen LogP contribution < -0.4 is 16.0 Å². The number of nitrogens with one attached hydrogen (secondary N) is 3. The van der Waals surface area contributed by atoms with E-state index in [9.17, 15) is 24.3 Å². The summed E-state index contributed by atoms with van der Waals surface area (Å²) >= 11 is 6.74. The minimum atomic E-state index is -1.16. The smallest absolute Gasteiger partial charge is 0.352 e. The first-order chi connectivity index (χ1) is 15.3. The summed E-state index contributed by atoms with van der Waals surface area (Å²) in [4.78, 5) is 52.0. The van der Waals surface area contributed by atoms with Gasteiger partial charge in [-0.15, -0.1) is 11.8 Å². The number of carboxylic acid groups (broad SMARTS) is 1. The zero-order chi connectivity index (χ0) is 23.0. The summed E-state index contributed by atoms with van der Waals surface area (Å²) in [6.07, 6.45) is 0. The zero-order valence-corrected chi connectivity index (χ0v) is 18.7. The van der Waals surface area contributed by atoms with Gasteiger partial charge in [-0.25, -0.2) is 9.59 Å². The van der Waals surface area contributed by atoms with Crippen molar-refractivity contribution in [2.24, 2.45) is 0 Å². The van der Waals surface area contributed by atoms with Crippen molar-refractivity contribution >= 4 is 52.9 Å². The van der Waals surface area contributed by atoms with Gasteiger partial charge in [0.25, 0.3) is 5.91 Å². The summed E-state index contributed by atoms with van der Waals surface area (Å²) in [6, 6.07) is 6.67. The van der Waals surface area contributed by atoms with Crippen LogP contribution in [0.3, 0.4) is 0 Å². The van der Waals surface area contributed by atoms with Crippen molar-refractivity contribution in [1.82, 2.24) is 25.8 Å². The fourth-order valence-corrected chi connectivity index (χ4v) is 5.41. The average Bonchev–Trinajstić information content (AvgIpc) is 3.21. The van der Waals surface area contributed by atoms with Crippen molar-refractivity contribution in [3.8, 4) is 0 Å². The van der Waals surface area contributed by atoms with Crippen molar-refractivity contribution < 1.29 is 24.3 Å². The van der Waals surface area contributed by atoms with Gasteiger partial charge in [0, 0.05) is 18.8 Å². The van der Waals surface area contributed by atoms with E-state index in [1.165, 1.54) is 21.6 Å². The third-order valence-electron chi connectivity index (χ3n) is 5.42. The van der Waals surface area contributed by atoms with Gasteiger partial charge in [-0.1, -0.05) is 30.3 Å². The largest absolute Gasteiger partial charge is 0.477 e. The van der Waals surface area contributed by atoms with Crippen molar-refractivity contribution in [3.05, 3.63) is 47.2 Å².